The summed E-state index contributed by atoms with van der Waals surface area (Å²) in [6, 6.07) is 0. The zero-order valence-corrected chi connectivity index (χ0v) is 4.28. The van der Waals surface area contributed by atoms with E-state index in [9.17, 15) is 0 Å². The summed E-state index contributed by atoms with van der Waals surface area (Å²) < 4.78 is 0. The zero-order chi connectivity index (χ0) is 3.41. The van der Waals surface area contributed by atoms with Crippen LogP contribution < -0.4 is 18.9 Å². The van der Waals surface area contributed by atoms with Crippen molar-refractivity contribution in [3.63, 3.8) is 0 Å². The molecule has 0 unspecified atom stereocenters. The van der Waals surface area contributed by atoms with Gasteiger partial charge in [0, 0.05) is 0 Å². The molecule has 0 N–H and O–H groups in total. The Labute approximate surface area is 46.1 Å². The molecule has 0 heterocycles. The van der Waals surface area contributed by atoms with Crippen LogP contribution in [0.4, 0.5) is 0 Å². The first-order chi connectivity index (χ1) is 1.91. The molecule has 5 heavy (non-hydrogen) atoms. The molecular weight excluding hydrogens is 55.0 g/mol. The SMILES string of the molecule is C[CH-]CC.[Li+]. The van der Waals surface area contributed by atoms with Crippen LogP contribution in [0, 0.1) is 6.42 Å². The summed E-state index contributed by atoms with van der Waals surface area (Å²) in [6.07, 6.45) is 3.32. The smallest absolute Gasteiger partial charge is 0.332 e. The van der Waals surface area contributed by atoms with E-state index < -0.39 is 0 Å². The van der Waals surface area contributed by atoms with Crippen LogP contribution in [-0.4, -0.2) is 0 Å². The monoisotopic (exact) mass is 64.1 g/mol. The van der Waals surface area contributed by atoms with E-state index in [1.165, 1.54) is 6.42 Å². The van der Waals surface area contributed by atoms with Gasteiger partial charge in [-0.05, 0) is 0 Å². The molecule has 0 saturated carbocycles. The van der Waals surface area contributed by atoms with E-state index in [1.807, 2.05) is 0 Å². The molecule has 0 aliphatic rings. The standard InChI is InChI=1S/C4H9.Li/c1-3-4-2;/h3H,4H2,1-2H3;/q-1;+1. The van der Waals surface area contributed by atoms with E-state index in [0.717, 1.165) is 0 Å². The fraction of sp³-hybridized carbons (Fsp3) is 0.750. The van der Waals surface area contributed by atoms with Crippen molar-refractivity contribution in [1.82, 2.24) is 0 Å². The van der Waals surface area contributed by atoms with E-state index in [-0.39, 0.29) is 18.9 Å². The number of hydrogen-bond acceptors (Lipinski definition) is 0. The van der Waals surface area contributed by atoms with Gasteiger partial charge in [-0.1, -0.05) is 6.92 Å². The van der Waals surface area contributed by atoms with Crippen LogP contribution in [0.2, 0.25) is 0 Å². The minimum atomic E-state index is 0. The van der Waals surface area contributed by atoms with Gasteiger partial charge in [-0.25, -0.2) is 0 Å². The Morgan fingerprint density at radius 2 is 1.80 bits per heavy atom. The van der Waals surface area contributed by atoms with Crippen LogP contribution in [0.1, 0.15) is 20.3 Å². The Kier molecular flexibility index (Phi) is 16.1. The molecule has 0 fully saturated rings. The van der Waals surface area contributed by atoms with Crippen molar-refractivity contribution in [1.29, 1.82) is 0 Å². The zero-order valence-electron chi connectivity index (χ0n) is 4.28. The van der Waals surface area contributed by atoms with Gasteiger partial charge in [0.1, 0.15) is 0 Å². The summed E-state index contributed by atoms with van der Waals surface area (Å²) in [5.41, 5.74) is 0. The molecule has 0 nitrogen and oxygen atoms in total. The summed E-state index contributed by atoms with van der Waals surface area (Å²) in [5, 5.41) is 0. The van der Waals surface area contributed by atoms with Crippen molar-refractivity contribution < 1.29 is 18.9 Å². The van der Waals surface area contributed by atoms with Gasteiger partial charge in [0.15, 0.2) is 0 Å². The van der Waals surface area contributed by atoms with Gasteiger partial charge in [0.25, 0.3) is 0 Å². The average Bonchev–Trinajstić information content (AvgIpc) is 1.37. The summed E-state index contributed by atoms with van der Waals surface area (Å²) in [7, 11) is 0. The van der Waals surface area contributed by atoms with E-state index >= 15 is 0 Å². The van der Waals surface area contributed by atoms with Gasteiger partial charge < -0.3 is 6.42 Å². The fourth-order valence-electron chi connectivity index (χ4n) is 0. The first-order valence-corrected chi connectivity index (χ1v) is 1.69. The second kappa shape index (κ2) is 8.82. The Morgan fingerprint density at radius 3 is 1.80 bits per heavy atom. The fourth-order valence-corrected chi connectivity index (χ4v) is 0. The first-order valence-electron chi connectivity index (χ1n) is 1.69. The number of rotatable bonds is 1. The van der Waals surface area contributed by atoms with Crippen molar-refractivity contribution in [2.24, 2.45) is 0 Å². The summed E-state index contributed by atoms with van der Waals surface area (Å²) in [5.74, 6) is 0. The van der Waals surface area contributed by atoms with Crippen molar-refractivity contribution in [2.75, 3.05) is 0 Å². The van der Waals surface area contributed by atoms with Crippen molar-refractivity contribution in [3.05, 3.63) is 6.42 Å². The van der Waals surface area contributed by atoms with Crippen LogP contribution in [-0.2, 0) is 0 Å². The predicted octanol–water partition coefficient (Wildman–Crippen LogP) is -1.38. The molecule has 0 radical (unpaired) electrons. The number of unbranched alkanes of at least 4 members (excludes halogenated alkanes) is 1. The van der Waals surface area contributed by atoms with Crippen molar-refractivity contribution in [2.45, 2.75) is 20.3 Å². The van der Waals surface area contributed by atoms with Gasteiger partial charge in [-0.15, -0.1) is 0 Å². The predicted molar refractivity (Wildman–Crippen MR) is 20.3 cm³/mol. The summed E-state index contributed by atoms with van der Waals surface area (Å²) in [4.78, 5) is 0. The molecule has 0 aliphatic heterocycles. The molecule has 0 rings (SSSR count). The summed E-state index contributed by atoms with van der Waals surface area (Å²) in [6.45, 7) is 4.18. The first kappa shape index (κ1) is 9.14. The van der Waals surface area contributed by atoms with Crippen molar-refractivity contribution >= 4 is 0 Å². The average molecular weight is 64.1 g/mol. The second-order valence-electron chi connectivity index (χ2n) is 0.816. The molecule has 1 heteroatoms. The molecule has 0 aromatic carbocycles. The van der Waals surface area contributed by atoms with E-state index in [4.69, 9.17) is 0 Å². The molecule has 0 atom stereocenters. The van der Waals surface area contributed by atoms with Crippen LogP contribution in [0.25, 0.3) is 0 Å². The minimum absolute atomic E-state index is 0. The van der Waals surface area contributed by atoms with Gasteiger partial charge in [-0.3, -0.25) is 0 Å². The van der Waals surface area contributed by atoms with Crippen LogP contribution in [0.5, 0.6) is 0 Å². The largest absolute Gasteiger partial charge is 1.00 e. The third kappa shape index (κ3) is 12.2. The quantitative estimate of drug-likeness (QED) is 0.260. The number of hydrogen-bond donors (Lipinski definition) is 0. The van der Waals surface area contributed by atoms with Gasteiger partial charge in [0.2, 0.25) is 0 Å². The maximum Gasteiger partial charge on any atom is 1.00 e. The van der Waals surface area contributed by atoms with Gasteiger partial charge in [-0.2, -0.15) is 13.3 Å². The molecule has 0 amide bonds. The topological polar surface area (TPSA) is 0 Å². The Balaban J connectivity index is 0. The third-order valence-electron chi connectivity index (χ3n) is 0.408. The van der Waals surface area contributed by atoms with Crippen molar-refractivity contribution in [3.8, 4) is 0 Å². The molecule has 0 aromatic heterocycles. The van der Waals surface area contributed by atoms with E-state index in [2.05, 4.69) is 20.3 Å². The van der Waals surface area contributed by atoms with Gasteiger partial charge in [0.05, 0.1) is 0 Å². The van der Waals surface area contributed by atoms with E-state index in [0.29, 0.717) is 0 Å². The summed E-state index contributed by atoms with van der Waals surface area (Å²) >= 11 is 0. The molecule has 26 valence electrons. The maximum absolute atomic E-state index is 2.12. The van der Waals surface area contributed by atoms with Crippen LogP contribution in [0.3, 0.4) is 0 Å². The normalized spacial score (nSPS) is 6.00. The third-order valence-corrected chi connectivity index (χ3v) is 0.408. The Bertz CT molecular complexity index is 5.61. The second-order valence-corrected chi connectivity index (χ2v) is 0.816. The van der Waals surface area contributed by atoms with Gasteiger partial charge >= 0.3 is 18.9 Å². The maximum atomic E-state index is 2.12. The molecule has 0 spiro atoms. The van der Waals surface area contributed by atoms with Crippen LogP contribution >= 0.6 is 0 Å². The molecular formula is C4H9Li. The van der Waals surface area contributed by atoms with Crippen LogP contribution in [0.15, 0.2) is 0 Å². The molecule has 0 aromatic rings. The molecule has 0 saturated heterocycles. The minimum Gasteiger partial charge on any atom is -0.332 e. The molecule has 0 bridgehead atoms. The Morgan fingerprint density at radius 1 is 1.60 bits per heavy atom. The molecule has 0 aliphatic carbocycles. The van der Waals surface area contributed by atoms with E-state index in [1.54, 1.807) is 0 Å². The Hall–Kier alpha value is 0.597.